The lowest BCUT2D eigenvalue weighted by Gasteiger charge is -2.07. The van der Waals surface area contributed by atoms with Gasteiger partial charge in [-0.15, -0.1) is 11.3 Å². The Labute approximate surface area is 165 Å². The number of amides is 1. The number of nitro groups is 1. The lowest BCUT2D eigenvalue weighted by atomic mass is 10.1. The fourth-order valence-corrected chi connectivity index (χ4v) is 3.39. The van der Waals surface area contributed by atoms with Crippen LogP contribution in [0.4, 0.5) is 5.69 Å². The summed E-state index contributed by atoms with van der Waals surface area (Å²) in [6, 6.07) is 12.0. The first-order valence-corrected chi connectivity index (χ1v) is 9.43. The first-order valence-electron chi connectivity index (χ1n) is 8.17. The van der Waals surface area contributed by atoms with Gasteiger partial charge in [0, 0.05) is 28.6 Å². The van der Waals surface area contributed by atoms with Crippen molar-refractivity contribution in [3.63, 3.8) is 0 Å². The van der Waals surface area contributed by atoms with Crippen LogP contribution >= 0.6 is 22.9 Å². The largest absolute Gasteiger partial charge is 0.351 e. The highest BCUT2D eigenvalue weighted by atomic mass is 35.5. The summed E-state index contributed by atoms with van der Waals surface area (Å²) >= 11 is 7.38. The van der Waals surface area contributed by atoms with Crippen molar-refractivity contribution < 1.29 is 9.72 Å². The normalized spacial score (nSPS) is 10.6. The van der Waals surface area contributed by atoms with E-state index in [0.717, 1.165) is 21.8 Å². The molecule has 0 aliphatic heterocycles. The minimum Gasteiger partial charge on any atom is -0.351 e. The number of nitro benzene ring substituents is 1. The van der Waals surface area contributed by atoms with Crippen molar-refractivity contribution in [2.45, 2.75) is 13.3 Å². The Hall–Kier alpha value is -2.77. The molecule has 27 heavy (non-hydrogen) atoms. The van der Waals surface area contributed by atoms with Crippen LogP contribution in [-0.4, -0.2) is 22.4 Å². The van der Waals surface area contributed by atoms with E-state index in [-0.39, 0.29) is 16.3 Å². The van der Waals surface area contributed by atoms with E-state index in [4.69, 9.17) is 11.6 Å². The number of benzene rings is 2. The zero-order valence-electron chi connectivity index (χ0n) is 14.4. The molecule has 1 aromatic heterocycles. The van der Waals surface area contributed by atoms with Crippen LogP contribution in [0.1, 0.15) is 20.9 Å². The van der Waals surface area contributed by atoms with E-state index in [1.54, 1.807) is 11.3 Å². The van der Waals surface area contributed by atoms with Gasteiger partial charge in [-0.3, -0.25) is 14.9 Å². The van der Waals surface area contributed by atoms with Crippen LogP contribution in [-0.2, 0) is 6.42 Å². The van der Waals surface area contributed by atoms with E-state index in [0.29, 0.717) is 13.0 Å². The van der Waals surface area contributed by atoms with Gasteiger partial charge in [0.25, 0.3) is 11.6 Å². The van der Waals surface area contributed by atoms with Gasteiger partial charge in [-0.05, 0) is 31.0 Å². The second-order valence-corrected chi connectivity index (χ2v) is 7.37. The number of halogens is 1. The molecule has 0 saturated heterocycles. The van der Waals surface area contributed by atoms with E-state index in [2.05, 4.69) is 10.3 Å². The molecule has 0 fully saturated rings. The van der Waals surface area contributed by atoms with Crippen molar-refractivity contribution in [1.29, 1.82) is 0 Å². The lowest BCUT2D eigenvalue weighted by Crippen LogP contribution is -2.26. The van der Waals surface area contributed by atoms with Crippen molar-refractivity contribution >= 4 is 34.5 Å². The summed E-state index contributed by atoms with van der Waals surface area (Å²) in [7, 11) is 0. The molecule has 0 unspecified atom stereocenters. The number of aromatic nitrogens is 1. The molecular formula is C19H16ClN3O3S. The van der Waals surface area contributed by atoms with Gasteiger partial charge in [-0.2, -0.15) is 0 Å². The zero-order valence-corrected chi connectivity index (χ0v) is 16.0. The van der Waals surface area contributed by atoms with Crippen LogP contribution in [0, 0.1) is 17.0 Å². The molecule has 0 aliphatic rings. The Balaban J connectivity index is 1.60. The highest BCUT2D eigenvalue weighted by Gasteiger charge is 2.20. The van der Waals surface area contributed by atoms with Gasteiger partial charge in [0.2, 0.25) is 0 Å². The Morgan fingerprint density at radius 3 is 2.63 bits per heavy atom. The highest BCUT2D eigenvalue weighted by molar-refractivity contribution is 7.09. The number of carbonyl (C=O) groups is 1. The molecule has 138 valence electrons. The maximum absolute atomic E-state index is 12.2. The predicted molar refractivity (Wildman–Crippen MR) is 106 cm³/mol. The molecule has 0 atom stereocenters. The molecular weight excluding hydrogens is 386 g/mol. The van der Waals surface area contributed by atoms with Crippen molar-refractivity contribution in [2.75, 3.05) is 6.54 Å². The number of nitrogens with one attached hydrogen (secondary N) is 1. The van der Waals surface area contributed by atoms with Crippen LogP contribution in [0.15, 0.2) is 47.8 Å². The summed E-state index contributed by atoms with van der Waals surface area (Å²) in [6.45, 7) is 2.34. The number of carbonyl (C=O) groups excluding carboxylic acids is 1. The van der Waals surface area contributed by atoms with Gasteiger partial charge in [0.05, 0.1) is 15.6 Å². The number of aryl methyl sites for hydroxylation is 1. The van der Waals surface area contributed by atoms with Crippen LogP contribution < -0.4 is 5.32 Å². The third-order valence-corrected chi connectivity index (χ3v) is 4.98. The average molecular weight is 402 g/mol. The number of thiazole rings is 1. The Morgan fingerprint density at radius 1 is 1.26 bits per heavy atom. The number of nitrogens with zero attached hydrogens (tertiary/aromatic N) is 2. The monoisotopic (exact) mass is 401 g/mol. The van der Waals surface area contributed by atoms with Crippen LogP contribution in [0.2, 0.25) is 5.02 Å². The van der Waals surface area contributed by atoms with E-state index in [9.17, 15) is 14.9 Å². The maximum Gasteiger partial charge on any atom is 0.283 e. The molecule has 0 saturated carbocycles. The summed E-state index contributed by atoms with van der Waals surface area (Å²) in [5.74, 6) is -0.493. The zero-order chi connectivity index (χ0) is 19.4. The first-order chi connectivity index (χ1) is 12.9. The average Bonchev–Trinajstić information content (AvgIpc) is 3.08. The Bertz CT molecular complexity index is 986. The summed E-state index contributed by atoms with van der Waals surface area (Å²) in [6.07, 6.45) is 0.615. The summed E-state index contributed by atoms with van der Waals surface area (Å²) < 4.78 is 0. The van der Waals surface area contributed by atoms with Crippen molar-refractivity contribution in [3.05, 3.63) is 79.1 Å². The van der Waals surface area contributed by atoms with Crippen LogP contribution in [0.3, 0.4) is 0 Å². The van der Waals surface area contributed by atoms with Crippen LogP contribution in [0.25, 0.3) is 11.3 Å². The molecule has 6 nitrogen and oxygen atoms in total. The molecule has 3 aromatic rings. The molecule has 1 amide bonds. The maximum atomic E-state index is 12.2. The van der Waals surface area contributed by atoms with Gasteiger partial charge in [-0.1, -0.05) is 35.9 Å². The molecule has 1 heterocycles. The quantitative estimate of drug-likeness (QED) is 0.481. The van der Waals surface area contributed by atoms with Gasteiger partial charge < -0.3 is 5.32 Å². The SMILES string of the molecule is Cc1nc(-c2ccc(CCNC(=O)c3ccc(Cl)cc3[N+](=O)[O-])cc2)cs1. The van der Waals surface area contributed by atoms with Crippen molar-refractivity contribution in [2.24, 2.45) is 0 Å². The predicted octanol–water partition coefficient (Wildman–Crippen LogP) is 4.65. The summed E-state index contributed by atoms with van der Waals surface area (Å²) in [4.78, 5) is 27.2. The molecule has 3 rings (SSSR count). The summed E-state index contributed by atoms with van der Waals surface area (Å²) in [5, 5.41) is 17.1. The number of rotatable bonds is 6. The highest BCUT2D eigenvalue weighted by Crippen LogP contribution is 2.23. The van der Waals surface area contributed by atoms with E-state index in [1.165, 1.54) is 18.2 Å². The van der Waals surface area contributed by atoms with Gasteiger partial charge in [0.15, 0.2) is 0 Å². The summed E-state index contributed by atoms with van der Waals surface area (Å²) in [5.41, 5.74) is 2.74. The third kappa shape index (κ3) is 4.69. The fraction of sp³-hybridized carbons (Fsp3) is 0.158. The van der Waals surface area contributed by atoms with Gasteiger partial charge in [0.1, 0.15) is 5.56 Å². The van der Waals surface area contributed by atoms with Crippen LogP contribution in [0.5, 0.6) is 0 Å². The number of hydrogen-bond acceptors (Lipinski definition) is 5. The lowest BCUT2D eigenvalue weighted by molar-refractivity contribution is -0.385. The molecule has 0 spiro atoms. The smallest absolute Gasteiger partial charge is 0.283 e. The second kappa shape index (κ2) is 8.28. The topological polar surface area (TPSA) is 85.1 Å². The molecule has 0 radical (unpaired) electrons. The first kappa shape index (κ1) is 19.0. The van der Waals surface area contributed by atoms with Gasteiger partial charge in [-0.25, -0.2) is 4.98 Å². The van der Waals surface area contributed by atoms with Crippen molar-refractivity contribution in [3.8, 4) is 11.3 Å². The molecule has 0 aliphatic carbocycles. The minimum absolute atomic E-state index is 0.00125. The number of hydrogen-bond donors (Lipinski definition) is 1. The molecule has 0 bridgehead atoms. The third-order valence-electron chi connectivity index (χ3n) is 3.97. The van der Waals surface area contributed by atoms with Gasteiger partial charge >= 0.3 is 0 Å². The fourth-order valence-electron chi connectivity index (χ4n) is 2.60. The standard InChI is InChI=1S/C19H16ClN3O3S/c1-12-22-17(11-27-12)14-4-2-13(3-5-14)8-9-21-19(24)16-7-6-15(20)10-18(16)23(25)26/h2-7,10-11H,8-9H2,1H3,(H,21,24). The Morgan fingerprint density at radius 2 is 2.00 bits per heavy atom. The molecule has 2 aromatic carbocycles. The second-order valence-electron chi connectivity index (χ2n) is 5.87. The van der Waals surface area contributed by atoms with E-state index in [1.807, 2.05) is 36.6 Å². The van der Waals surface area contributed by atoms with E-state index < -0.39 is 10.8 Å². The minimum atomic E-state index is -0.611. The van der Waals surface area contributed by atoms with E-state index >= 15 is 0 Å². The Kier molecular flexibility index (Phi) is 5.83. The molecule has 8 heteroatoms. The van der Waals surface area contributed by atoms with Crippen molar-refractivity contribution in [1.82, 2.24) is 10.3 Å². The molecule has 1 N–H and O–H groups in total.